The molecule has 4 nitrogen and oxygen atoms in total. The molecule has 0 heterocycles. The van der Waals surface area contributed by atoms with Crippen LogP contribution >= 0.6 is 0 Å². The molecular formula is C9H12FNO3. The minimum Gasteiger partial charge on any atom is -0.508 e. The van der Waals surface area contributed by atoms with Crippen molar-refractivity contribution >= 4 is 0 Å². The van der Waals surface area contributed by atoms with Crippen molar-refractivity contribution in [1.29, 1.82) is 0 Å². The molecule has 5 N–H and O–H groups in total. The Morgan fingerprint density at radius 3 is 2.14 bits per heavy atom. The number of alkyl halides is 1. The van der Waals surface area contributed by atoms with Crippen LogP contribution in [-0.4, -0.2) is 22.0 Å². The van der Waals surface area contributed by atoms with Gasteiger partial charge in [-0.05, 0) is 6.42 Å². The van der Waals surface area contributed by atoms with Crippen LogP contribution in [0.2, 0.25) is 0 Å². The Labute approximate surface area is 80.4 Å². The van der Waals surface area contributed by atoms with Gasteiger partial charge in [0.15, 0.2) is 0 Å². The Kier molecular flexibility index (Phi) is 3.14. The average Bonchev–Trinajstić information content (AvgIpc) is 2.01. The van der Waals surface area contributed by atoms with E-state index in [1.54, 1.807) is 0 Å². The molecule has 1 aromatic rings. The molecule has 0 bridgehead atoms. The maximum absolute atomic E-state index is 12.0. The summed E-state index contributed by atoms with van der Waals surface area (Å²) in [6.07, 6.45) is 0.00585. The molecule has 0 aliphatic heterocycles. The summed E-state index contributed by atoms with van der Waals surface area (Å²) < 4.78 is 12.0. The molecule has 0 amide bonds. The van der Waals surface area contributed by atoms with Crippen molar-refractivity contribution in [2.45, 2.75) is 12.5 Å². The van der Waals surface area contributed by atoms with Gasteiger partial charge >= 0.3 is 0 Å². The molecule has 0 spiro atoms. The Balaban J connectivity index is 3.07. The van der Waals surface area contributed by atoms with Crippen molar-refractivity contribution in [2.24, 2.45) is 5.73 Å². The van der Waals surface area contributed by atoms with E-state index in [2.05, 4.69) is 0 Å². The predicted molar refractivity (Wildman–Crippen MR) is 49.0 cm³/mol. The Morgan fingerprint density at radius 2 is 1.71 bits per heavy atom. The van der Waals surface area contributed by atoms with Crippen LogP contribution in [0.5, 0.6) is 17.2 Å². The maximum atomic E-state index is 12.0. The minimum absolute atomic E-state index is 0.00585. The molecule has 0 unspecified atom stereocenters. The smallest absolute Gasteiger partial charge is 0.127 e. The summed E-state index contributed by atoms with van der Waals surface area (Å²) in [6.45, 7) is -0.638. The van der Waals surface area contributed by atoms with Gasteiger partial charge in [-0.15, -0.1) is 0 Å². The van der Waals surface area contributed by atoms with Crippen LogP contribution in [0, 0.1) is 0 Å². The number of rotatable bonds is 3. The van der Waals surface area contributed by atoms with E-state index in [1.165, 1.54) is 0 Å². The van der Waals surface area contributed by atoms with Gasteiger partial charge in [0, 0.05) is 18.2 Å². The van der Waals surface area contributed by atoms with E-state index in [0.717, 1.165) is 12.1 Å². The van der Waals surface area contributed by atoms with Crippen LogP contribution in [0.15, 0.2) is 12.1 Å². The maximum Gasteiger partial charge on any atom is 0.127 e. The molecule has 0 saturated heterocycles. The molecule has 0 radical (unpaired) electrons. The molecule has 0 aliphatic carbocycles. The fourth-order valence-electron chi connectivity index (χ4n) is 1.25. The van der Waals surface area contributed by atoms with Crippen LogP contribution < -0.4 is 5.73 Å². The first-order chi connectivity index (χ1) is 6.56. The van der Waals surface area contributed by atoms with Crippen molar-refractivity contribution in [3.05, 3.63) is 17.7 Å². The quantitative estimate of drug-likeness (QED) is 0.591. The number of aromatic hydroxyl groups is 3. The van der Waals surface area contributed by atoms with E-state index in [0.29, 0.717) is 0 Å². The van der Waals surface area contributed by atoms with E-state index in [-0.39, 0.29) is 29.2 Å². The SMILES string of the molecule is N[C@@H](CCF)c1c(O)cc(O)cc1O. The third kappa shape index (κ3) is 2.05. The number of nitrogens with two attached hydrogens (primary N) is 1. The highest BCUT2D eigenvalue weighted by atomic mass is 19.1. The normalized spacial score (nSPS) is 12.7. The molecule has 0 aromatic heterocycles. The highest BCUT2D eigenvalue weighted by molar-refractivity contribution is 5.50. The fourth-order valence-corrected chi connectivity index (χ4v) is 1.25. The fraction of sp³-hybridized carbons (Fsp3) is 0.333. The number of hydrogen-bond acceptors (Lipinski definition) is 4. The summed E-state index contributed by atoms with van der Waals surface area (Å²) in [5.74, 6) is -0.928. The van der Waals surface area contributed by atoms with E-state index in [1.807, 2.05) is 0 Å². The standard InChI is InChI=1S/C9H12FNO3/c10-2-1-6(11)9-7(13)3-5(12)4-8(9)14/h3-4,6,12-14H,1-2,11H2/t6-/m0/s1. The van der Waals surface area contributed by atoms with Gasteiger partial charge in [-0.25, -0.2) is 0 Å². The van der Waals surface area contributed by atoms with Crippen LogP contribution in [0.4, 0.5) is 4.39 Å². The summed E-state index contributed by atoms with van der Waals surface area (Å²) in [7, 11) is 0. The van der Waals surface area contributed by atoms with E-state index in [4.69, 9.17) is 10.8 Å². The molecular weight excluding hydrogens is 189 g/mol. The summed E-state index contributed by atoms with van der Waals surface area (Å²) in [5, 5.41) is 27.7. The van der Waals surface area contributed by atoms with E-state index < -0.39 is 12.7 Å². The van der Waals surface area contributed by atoms with Crippen LogP contribution in [-0.2, 0) is 0 Å². The monoisotopic (exact) mass is 201 g/mol. The zero-order valence-electron chi connectivity index (χ0n) is 7.44. The van der Waals surface area contributed by atoms with E-state index >= 15 is 0 Å². The lowest BCUT2D eigenvalue weighted by Crippen LogP contribution is -2.11. The molecule has 0 aliphatic rings. The van der Waals surface area contributed by atoms with Gasteiger partial charge in [-0.3, -0.25) is 4.39 Å². The summed E-state index contributed by atoms with van der Waals surface area (Å²) in [6, 6.07) is 1.32. The van der Waals surface area contributed by atoms with Gasteiger partial charge in [-0.2, -0.15) is 0 Å². The highest BCUT2D eigenvalue weighted by Crippen LogP contribution is 2.36. The van der Waals surface area contributed by atoms with Gasteiger partial charge < -0.3 is 21.1 Å². The van der Waals surface area contributed by atoms with Crippen molar-refractivity contribution in [2.75, 3.05) is 6.67 Å². The Bertz CT molecular complexity index is 307. The first kappa shape index (κ1) is 10.6. The summed E-state index contributed by atoms with van der Waals surface area (Å²) in [5.41, 5.74) is 5.57. The second kappa shape index (κ2) is 4.15. The number of phenols is 3. The highest BCUT2D eigenvalue weighted by Gasteiger charge is 2.16. The summed E-state index contributed by atoms with van der Waals surface area (Å²) >= 11 is 0. The number of hydrogen-bond donors (Lipinski definition) is 4. The number of halogens is 1. The van der Waals surface area contributed by atoms with Crippen molar-refractivity contribution < 1.29 is 19.7 Å². The second-order valence-corrected chi connectivity index (χ2v) is 2.98. The topological polar surface area (TPSA) is 86.7 Å². The van der Waals surface area contributed by atoms with Crippen LogP contribution in [0.25, 0.3) is 0 Å². The second-order valence-electron chi connectivity index (χ2n) is 2.98. The largest absolute Gasteiger partial charge is 0.508 e. The molecule has 1 atom stereocenters. The molecule has 78 valence electrons. The first-order valence-electron chi connectivity index (χ1n) is 4.12. The first-order valence-corrected chi connectivity index (χ1v) is 4.12. The van der Waals surface area contributed by atoms with Crippen LogP contribution in [0.1, 0.15) is 18.0 Å². The molecule has 14 heavy (non-hydrogen) atoms. The Morgan fingerprint density at radius 1 is 1.21 bits per heavy atom. The predicted octanol–water partition coefficient (Wildman–Crippen LogP) is 1.16. The van der Waals surface area contributed by atoms with Gasteiger partial charge in [0.1, 0.15) is 17.2 Å². The molecule has 1 aromatic carbocycles. The number of phenolic OH excluding ortho intramolecular Hbond substituents is 3. The lowest BCUT2D eigenvalue weighted by molar-refractivity contribution is 0.394. The lowest BCUT2D eigenvalue weighted by Gasteiger charge is -2.13. The number of benzene rings is 1. The average molecular weight is 201 g/mol. The van der Waals surface area contributed by atoms with Crippen LogP contribution in [0.3, 0.4) is 0 Å². The van der Waals surface area contributed by atoms with Gasteiger partial charge in [-0.1, -0.05) is 0 Å². The molecule has 0 saturated carbocycles. The van der Waals surface area contributed by atoms with Gasteiger partial charge in [0.05, 0.1) is 12.2 Å². The minimum atomic E-state index is -0.777. The van der Waals surface area contributed by atoms with Gasteiger partial charge in [0.2, 0.25) is 0 Å². The van der Waals surface area contributed by atoms with Gasteiger partial charge in [0.25, 0.3) is 0 Å². The zero-order valence-corrected chi connectivity index (χ0v) is 7.44. The summed E-state index contributed by atoms with van der Waals surface area (Å²) in [4.78, 5) is 0. The lowest BCUT2D eigenvalue weighted by atomic mass is 10.0. The molecule has 5 heteroatoms. The molecule has 1 rings (SSSR count). The Hall–Kier alpha value is -1.49. The third-order valence-electron chi connectivity index (χ3n) is 1.91. The van der Waals surface area contributed by atoms with E-state index in [9.17, 15) is 14.6 Å². The zero-order chi connectivity index (χ0) is 10.7. The van der Waals surface area contributed by atoms with Crippen molar-refractivity contribution in [1.82, 2.24) is 0 Å². The van der Waals surface area contributed by atoms with Crippen molar-refractivity contribution in [3.8, 4) is 17.2 Å². The third-order valence-corrected chi connectivity index (χ3v) is 1.91. The molecule has 0 fully saturated rings. The van der Waals surface area contributed by atoms with Crippen molar-refractivity contribution in [3.63, 3.8) is 0 Å².